The van der Waals surface area contributed by atoms with E-state index in [1.54, 1.807) is 0 Å². The van der Waals surface area contributed by atoms with Crippen molar-refractivity contribution in [2.45, 2.75) is 57.8 Å². The van der Waals surface area contributed by atoms with E-state index in [1.165, 1.54) is 32.2 Å². The summed E-state index contributed by atoms with van der Waals surface area (Å²) in [5.41, 5.74) is 5.95. The van der Waals surface area contributed by atoms with Gasteiger partial charge in [0.1, 0.15) is 0 Å². The van der Waals surface area contributed by atoms with E-state index in [2.05, 4.69) is 18.7 Å². The monoisotopic (exact) mass is 226 g/mol. The molecule has 0 bridgehead atoms. The summed E-state index contributed by atoms with van der Waals surface area (Å²) in [5, 5.41) is 0. The van der Waals surface area contributed by atoms with Gasteiger partial charge >= 0.3 is 0 Å². The summed E-state index contributed by atoms with van der Waals surface area (Å²) in [4.78, 5) is 2.54. The van der Waals surface area contributed by atoms with Crippen molar-refractivity contribution in [1.82, 2.24) is 4.90 Å². The molecule has 1 saturated heterocycles. The molecule has 1 heterocycles. The molecule has 0 aromatic carbocycles. The molecule has 0 aromatic rings. The van der Waals surface area contributed by atoms with E-state index in [0.29, 0.717) is 18.2 Å². The summed E-state index contributed by atoms with van der Waals surface area (Å²) < 4.78 is 5.98. The van der Waals surface area contributed by atoms with Crippen molar-refractivity contribution in [3.8, 4) is 0 Å². The summed E-state index contributed by atoms with van der Waals surface area (Å²) in [6.45, 7) is 7.48. The Bertz CT molecular complexity index is 218. The first kappa shape index (κ1) is 12.3. The zero-order valence-electron chi connectivity index (χ0n) is 10.7. The van der Waals surface area contributed by atoms with Crippen LogP contribution in [0.15, 0.2) is 0 Å². The van der Waals surface area contributed by atoms with E-state index >= 15 is 0 Å². The van der Waals surface area contributed by atoms with E-state index in [1.807, 2.05) is 0 Å². The van der Waals surface area contributed by atoms with Crippen LogP contribution in [0.5, 0.6) is 0 Å². The number of likely N-dealkylation sites (N-methyl/N-ethyl adjacent to an activating group) is 1. The molecule has 94 valence electrons. The molecule has 0 spiro atoms. The van der Waals surface area contributed by atoms with Crippen LogP contribution in [0, 0.1) is 5.92 Å². The predicted molar refractivity (Wildman–Crippen MR) is 66.4 cm³/mol. The van der Waals surface area contributed by atoms with Gasteiger partial charge in [-0.15, -0.1) is 0 Å². The lowest BCUT2D eigenvalue weighted by atomic mass is 10.1. The topological polar surface area (TPSA) is 38.5 Å². The van der Waals surface area contributed by atoms with E-state index in [4.69, 9.17) is 10.5 Å². The molecule has 16 heavy (non-hydrogen) atoms. The van der Waals surface area contributed by atoms with Crippen molar-refractivity contribution in [2.75, 3.05) is 19.6 Å². The second-order valence-corrected chi connectivity index (χ2v) is 5.40. The first-order valence-corrected chi connectivity index (χ1v) is 6.84. The molecule has 0 amide bonds. The van der Waals surface area contributed by atoms with Crippen LogP contribution in [0.1, 0.15) is 39.5 Å². The fraction of sp³-hybridized carbons (Fsp3) is 1.00. The van der Waals surface area contributed by atoms with Gasteiger partial charge in [-0.25, -0.2) is 0 Å². The van der Waals surface area contributed by atoms with E-state index in [-0.39, 0.29) is 0 Å². The van der Waals surface area contributed by atoms with Crippen molar-refractivity contribution in [3.63, 3.8) is 0 Å². The fourth-order valence-electron chi connectivity index (χ4n) is 2.78. The van der Waals surface area contributed by atoms with Gasteiger partial charge in [-0.2, -0.15) is 0 Å². The van der Waals surface area contributed by atoms with Gasteiger partial charge in [0.15, 0.2) is 0 Å². The van der Waals surface area contributed by atoms with E-state index in [0.717, 1.165) is 19.0 Å². The Hall–Kier alpha value is -0.120. The third kappa shape index (κ3) is 2.96. The number of rotatable bonds is 6. The highest BCUT2D eigenvalue weighted by Crippen LogP contribution is 2.32. The number of hydrogen-bond acceptors (Lipinski definition) is 3. The molecule has 3 heteroatoms. The molecule has 0 radical (unpaired) electrons. The Labute approximate surface area is 99.3 Å². The molecule has 3 unspecified atom stereocenters. The Morgan fingerprint density at radius 1 is 1.31 bits per heavy atom. The van der Waals surface area contributed by atoms with Crippen LogP contribution >= 0.6 is 0 Å². The maximum Gasteiger partial charge on any atom is 0.0747 e. The molecule has 2 N–H and O–H groups in total. The van der Waals surface area contributed by atoms with Crippen molar-refractivity contribution in [2.24, 2.45) is 11.7 Å². The molecule has 1 aliphatic heterocycles. The predicted octanol–water partition coefficient (Wildman–Crippen LogP) is 1.61. The van der Waals surface area contributed by atoms with Gasteiger partial charge in [0.05, 0.1) is 12.2 Å². The average Bonchev–Trinajstić information content (AvgIpc) is 3.00. The first-order valence-electron chi connectivity index (χ1n) is 6.84. The van der Waals surface area contributed by atoms with Crippen LogP contribution in [-0.2, 0) is 4.74 Å². The van der Waals surface area contributed by atoms with Gasteiger partial charge in [0.2, 0.25) is 0 Å². The molecular formula is C13H26N2O. The molecule has 0 aromatic heterocycles. The smallest absolute Gasteiger partial charge is 0.0747 e. The highest BCUT2D eigenvalue weighted by atomic mass is 16.5. The van der Waals surface area contributed by atoms with Gasteiger partial charge in [0, 0.05) is 19.1 Å². The van der Waals surface area contributed by atoms with Crippen molar-refractivity contribution < 1.29 is 4.74 Å². The maximum absolute atomic E-state index is 5.98. The summed E-state index contributed by atoms with van der Waals surface area (Å²) in [6, 6.07) is 0.440. The van der Waals surface area contributed by atoms with E-state index in [9.17, 15) is 0 Å². The third-order valence-electron chi connectivity index (χ3n) is 4.00. The Balaban J connectivity index is 1.89. The summed E-state index contributed by atoms with van der Waals surface area (Å²) in [7, 11) is 0. The lowest BCUT2D eigenvalue weighted by Crippen LogP contribution is -2.49. The molecule has 1 aliphatic carbocycles. The van der Waals surface area contributed by atoms with Crippen LogP contribution in [0.25, 0.3) is 0 Å². The Kier molecular flexibility index (Phi) is 4.22. The minimum absolute atomic E-state index is 0.374. The average molecular weight is 226 g/mol. The van der Waals surface area contributed by atoms with Crippen LogP contribution in [-0.4, -0.2) is 42.8 Å². The minimum atomic E-state index is 0.374. The second kappa shape index (κ2) is 5.48. The van der Waals surface area contributed by atoms with Gasteiger partial charge in [-0.3, -0.25) is 4.90 Å². The van der Waals surface area contributed by atoms with Crippen molar-refractivity contribution in [3.05, 3.63) is 0 Å². The van der Waals surface area contributed by atoms with Gasteiger partial charge in [-0.05, 0) is 45.1 Å². The molecule has 2 fully saturated rings. The van der Waals surface area contributed by atoms with Gasteiger partial charge < -0.3 is 10.5 Å². The zero-order valence-corrected chi connectivity index (χ0v) is 10.7. The van der Waals surface area contributed by atoms with Crippen LogP contribution in [0.3, 0.4) is 0 Å². The highest BCUT2D eigenvalue weighted by molar-refractivity contribution is 4.88. The fourth-order valence-corrected chi connectivity index (χ4v) is 2.78. The second-order valence-electron chi connectivity index (χ2n) is 5.40. The maximum atomic E-state index is 5.98. The SMILES string of the molecule is CCN(CC1CC1)C(CN)C1CCC(C)O1. The first-order chi connectivity index (χ1) is 7.74. The quantitative estimate of drug-likeness (QED) is 0.748. The molecule has 2 aliphatic rings. The number of hydrogen-bond donors (Lipinski definition) is 1. The number of ether oxygens (including phenoxy) is 1. The van der Waals surface area contributed by atoms with Gasteiger partial charge in [0.25, 0.3) is 0 Å². The molecule has 1 saturated carbocycles. The number of nitrogens with two attached hydrogens (primary N) is 1. The highest BCUT2D eigenvalue weighted by Gasteiger charge is 2.34. The van der Waals surface area contributed by atoms with Crippen LogP contribution in [0.2, 0.25) is 0 Å². The Morgan fingerprint density at radius 2 is 2.06 bits per heavy atom. The Morgan fingerprint density at radius 3 is 2.50 bits per heavy atom. The van der Waals surface area contributed by atoms with Crippen molar-refractivity contribution >= 4 is 0 Å². The normalized spacial score (nSPS) is 32.2. The molecule has 2 rings (SSSR count). The third-order valence-corrected chi connectivity index (χ3v) is 4.00. The van der Waals surface area contributed by atoms with Crippen molar-refractivity contribution in [1.29, 1.82) is 0 Å². The lowest BCUT2D eigenvalue weighted by Gasteiger charge is -2.33. The molecule has 3 nitrogen and oxygen atoms in total. The summed E-state index contributed by atoms with van der Waals surface area (Å²) in [5.74, 6) is 0.938. The molecular weight excluding hydrogens is 200 g/mol. The zero-order chi connectivity index (χ0) is 11.5. The van der Waals surface area contributed by atoms with Gasteiger partial charge in [-0.1, -0.05) is 6.92 Å². The van der Waals surface area contributed by atoms with Crippen LogP contribution in [0.4, 0.5) is 0 Å². The minimum Gasteiger partial charge on any atom is -0.374 e. The largest absolute Gasteiger partial charge is 0.374 e. The lowest BCUT2D eigenvalue weighted by molar-refractivity contribution is -0.00420. The van der Waals surface area contributed by atoms with E-state index < -0.39 is 0 Å². The molecule has 3 atom stereocenters. The van der Waals surface area contributed by atoms with Crippen LogP contribution < -0.4 is 5.73 Å². The number of nitrogens with zero attached hydrogens (tertiary/aromatic N) is 1. The summed E-state index contributed by atoms with van der Waals surface area (Å²) in [6.07, 6.45) is 6.01. The standard InChI is InChI=1S/C13H26N2O/c1-3-15(9-11-5-6-11)12(8-14)13-7-4-10(2)16-13/h10-13H,3-9,14H2,1-2H3. The summed E-state index contributed by atoms with van der Waals surface area (Å²) >= 11 is 0.